The van der Waals surface area contributed by atoms with Gasteiger partial charge >= 0.3 is 5.97 Å². The third kappa shape index (κ3) is 3.80. The third-order valence-corrected chi connectivity index (χ3v) is 2.83. The van der Waals surface area contributed by atoms with Crippen LogP contribution in [0.3, 0.4) is 0 Å². The molecule has 3 unspecified atom stereocenters. The Morgan fingerprint density at radius 3 is 2.87 bits per heavy atom. The van der Waals surface area contributed by atoms with E-state index in [4.69, 9.17) is 9.47 Å². The van der Waals surface area contributed by atoms with Crippen molar-refractivity contribution >= 4 is 5.97 Å². The van der Waals surface area contributed by atoms with Gasteiger partial charge in [-0.1, -0.05) is 0 Å². The third-order valence-electron chi connectivity index (χ3n) is 2.83. The fourth-order valence-corrected chi connectivity index (χ4v) is 1.81. The van der Waals surface area contributed by atoms with Crippen molar-refractivity contribution in [2.24, 2.45) is 5.92 Å². The van der Waals surface area contributed by atoms with Crippen LogP contribution in [0.1, 0.15) is 27.2 Å². The van der Waals surface area contributed by atoms with Gasteiger partial charge in [-0.2, -0.15) is 0 Å². The van der Waals surface area contributed by atoms with E-state index in [2.05, 4.69) is 12.2 Å². The van der Waals surface area contributed by atoms with Gasteiger partial charge in [0.15, 0.2) is 0 Å². The van der Waals surface area contributed by atoms with Crippen LogP contribution in [0.15, 0.2) is 0 Å². The minimum absolute atomic E-state index is 0.178. The second kappa shape index (κ2) is 6.08. The van der Waals surface area contributed by atoms with E-state index >= 15 is 0 Å². The van der Waals surface area contributed by atoms with E-state index in [1.807, 2.05) is 13.8 Å². The molecule has 0 aromatic rings. The SMILES string of the molecule is CCOC(=O)C(C)NC(C)C1CCOC1. The molecule has 0 bridgehead atoms. The van der Waals surface area contributed by atoms with Gasteiger partial charge in [-0.3, -0.25) is 4.79 Å². The van der Waals surface area contributed by atoms with Crippen molar-refractivity contribution in [1.82, 2.24) is 5.32 Å². The summed E-state index contributed by atoms with van der Waals surface area (Å²) >= 11 is 0. The Kier molecular flexibility index (Phi) is 5.05. The molecule has 4 heteroatoms. The molecule has 4 nitrogen and oxygen atoms in total. The normalized spacial score (nSPS) is 24.9. The lowest BCUT2D eigenvalue weighted by Gasteiger charge is -2.22. The van der Waals surface area contributed by atoms with Crippen LogP contribution in [0.2, 0.25) is 0 Å². The number of rotatable bonds is 5. The quantitative estimate of drug-likeness (QED) is 0.694. The molecule has 0 aromatic carbocycles. The molecule has 0 amide bonds. The van der Waals surface area contributed by atoms with Crippen LogP contribution in [0.4, 0.5) is 0 Å². The molecule has 88 valence electrons. The topological polar surface area (TPSA) is 47.6 Å². The molecule has 1 fully saturated rings. The summed E-state index contributed by atoms with van der Waals surface area (Å²) in [5, 5.41) is 3.25. The molecule has 0 aliphatic carbocycles. The molecular formula is C11H21NO3. The summed E-state index contributed by atoms with van der Waals surface area (Å²) < 4.78 is 10.2. The van der Waals surface area contributed by atoms with E-state index < -0.39 is 0 Å². The molecule has 1 saturated heterocycles. The predicted octanol–water partition coefficient (Wildman–Crippen LogP) is 0.953. The monoisotopic (exact) mass is 215 g/mol. The Hall–Kier alpha value is -0.610. The fraction of sp³-hybridized carbons (Fsp3) is 0.909. The average molecular weight is 215 g/mol. The van der Waals surface area contributed by atoms with Crippen molar-refractivity contribution < 1.29 is 14.3 Å². The maximum Gasteiger partial charge on any atom is 0.322 e. The summed E-state index contributed by atoms with van der Waals surface area (Å²) in [6.45, 7) is 7.82. The first kappa shape index (κ1) is 12.5. The van der Waals surface area contributed by atoms with E-state index in [0.717, 1.165) is 19.6 Å². The number of hydrogen-bond acceptors (Lipinski definition) is 4. The first-order valence-corrected chi connectivity index (χ1v) is 5.65. The Morgan fingerprint density at radius 1 is 1.60 bits per heavy atom. The minimum Gasteiger partial charge on any atom is -0.465 e. The van der Waals surface area contributed by atoms with Crippen LogP contribution < -0.4 is 5.32 Å². The molecule has 0 spiro atoms. The van der Waals surface area contributed by atoms with E-state index in [1.165, 1.54) is 0 Å². The molecule has 1 heterocycles. The van der Waals surface area contributed by atoms with Crippen LogP contribution in [0.25, 0.3) is 0 Å². The largest absolute Gasteiger partial charge is 0.465 e. The van der Waals surface area contributed by atoms with Crippen LogP contribution >= 0.6 is 0 Å². The number of ether oxygens (including phenoxy) is 2. The van der Waals surface area contributed by atoms with Crippen molar-refractivity contribution in [2.45, 2.75) is 39.3 Å². The van der Waals surface area contributed by atoms with Crippen molar-refractivity contribution in [2.75, 3.05) is 19.8 Å². The maximum absolute atomic E-state index is 11.4. The average Bonchev–Trinajstić information content (AvgIpc) is 2.70. The smallest absolute Gasteiger partial charge is 0.322 e. The van der Waals surface area contributed by atoms with Gasteiger partial charge in [-0.05, 0) is 33.1 Å². The van der Waals surface area contributed by atoms with Crippen LogP contribution in [0.5, 0.6) is 0 Å². The minimum atomic E-state index is -0.236. The summed E-state index contributed by atoms with van der Waals surface area (Å²) in [6, 6.07) is 0.0625. The second-order valence-electron chi connectivity index (χ2n) is 4.05. The van der Waals surface area contributed by atoms with Crippen LogP contribution in [0, 0.1) is 5.92 Å². The van der Waals surface area contributed by atoms with Crippen molar-refractivity contribution in [3.63, 3.8) is 0 Å². The highest BCUT2D eigenvalue weighted by atomic mass is 16.5. The Morgan fingerprint density at radius 2 is 2.33 bits per heavy atom. The highest BCUT2D eigenvalue weighted by Crippen LogP contribution is 2.16. The van der Waals surface area contributed by atoms with Gasteiger partial charge in [0.2, 0.25) is 0 Å². The Labute approximate surface area is 91.3 Å². The Balaban J connectivity index is 2.29. The number of carbonyl (C=O) groups excluding carboxylic acids is 1. The molecule has 1 aliphatic heterocycles. The van der Waals surface area contributed by atoms with E-state index in [1.54, 1.807) is 0 Å². The molecule has 1 rings (SSSR count). The number of esters is 1. The molecule has 1 N–H and O–H groups in total. The van der Waals surface area contributed by atoms with Gasteiger partial charge in [-0.25, -0.2) is 0 Å². The lowest BCUT2D eigenvalue weighted by molar-refractivity contribution is -0.145. The molecule has 3 atom stereocenters. The first-order valence-electron chi connectivity index (χ1n) is 5.65. The van der Waals surface area contributed by atoms with Gasteiger partial charge in [0.1, 0.15) is 6.04 Å². The molecule has 0 radical (unpaired) electrons. The summed E-state index contributed by atoms with van der Waals surface area (Å²) in [5.41, 5.74) is 0. The molecule has 15 heavy (non-hydrogen) atoms. The lowest BCUT2D eigenvalue weighted by atomic mass is 10.00. The van der Waals surface area contributed by atoms with Gasteiger partial charge in [0.05, 0.1) is 13.2 Å². The van der Waals surface area contributed by atoms with Gasteiger partial charge in [0.25, 0.3) is 0 Å². The van der Waals surface area contributed by atoms with Crippen LogP contribution in [-0.4, -0.2) is 37.9 Å². The van der Waals surface area contributed by atoms with Gasteiger partial charge in [-0.15, -0.1) is 0 Å². The zero-order valence-electron chi connectivity index (χ0n) is 9.79. The molecular weight excluding hydrogens is 194 g/mol. The predicted molar refractivity (Wildman–Crippen MR) is 57.6 cm³/mol. The van der Waals surface area contributed by atoms with E-state index in [9.17, 15) is 4.79 Å². The lowest BCUT2D eigenvalue weighted by Crippen LogP contribution is -2.44. The highest BCUT2D eigenvalue weighted by Gasteiger charge is 2.25. The zero-order valence-corrected chi connectivity index (χ0v) is 9.79. The fourth-order valence-electron chi connectivity index (χ4n) is 1.81. The van der Waals surface area contributed by atoms with Crippen molar-refractivity contribution in [3.05, 3.63) is 0 Å². The molecule has 1 aliphatic rings. The first-order chi connectivity index (χ1) is 7.15. The van der Waals surface area contributed by atoms with Gasteiger partial charge < -0.3 is 14.8 Å². The van der Waals surface area contributed by atoms with E-state index in [0.29, 0.717) is 18.6 Å². The standard InChI is InChI=1S/C11H21NO3/c1-4-15-11(13)9(3)12-8(2)10-5-6-14-7-10/h8-10,12H,4-7H2,1-3H3. The number of nitrogens with one attached hydrogen (secondary N) is 1. The second-order valence-corrected chi connectivity index (χ2v) is 4.05. The highest BCUT2D eigenvalue weighted by molar-refractivity contribution is 5.75. The summed E-state index contributed by atoms with van der Waals surface area (Å²) in [7, 11) is 0. The van der Waals surface area contributed by atoms with Crippen LogP contribution in [-0.2, 0) is 14.3 Å². The van der Waals surface area contributed by atoms with E-state index in [-0.39, 0.29) is 12.0 Å². The molecule has 0 aromatic heterocycles. The van der Waals surface area contributed by atoms with Crippen molar-refractivity contribution in [3.8, 4) is 0 Å². The Bertz CT molecular complexity index is 202. The molecule has 0 saturated carbocycles. The summed E-state index contributed by atoms with van der Waals surface area (Å²) in [4.78, 5) is 11.4. The number of carbonyl (C=O) groups is 1. The summed E-state index contributed by atoms with van der Waals surface area (Å²) in [6.07, 6.45) is 1.07. The summed E-state index contributed by atoms with van der Waals surface area (Å²) in [5.74, 6) is 0.338. The number of hydrogen-bond donors (Lipinski definition) is 1. The van der Waals surface area contributed by atoms with Gasteiger partial charge in [0, 0.05) is 12.6 Å². The zero-order chi connectivity index (χ0) is 11.3. The van der Waals surface area contributed by atoms with Crippen molar-refractivity contribution in [1.29, 1.82) is 0 Å². The maximum atomic E-state index is 11.4.